The van der Waals surface area contributed by atoms with Crippen molar-refractivity contribution >= 4 is 45.5 Å². The number of aliphatic hydroxyl groups is 1. The minimum absolute atomic E-state index is 0.0526. The maximum absolute atomic E-state index is 15.0. The van der Waals surface area contributed by atoms with Gasteiger partial charge < -0.3 is 19.6 Å². The molecule has 0 radical (unpaired) electrons. The molecule has 3 fully saturated rings. The van der Waals surface area contributed by atoms with Crippen molar-refractivity contribution in [2.45, 2.75) is 79.9 Å². The lowest BCUT2D eigenvalue weighted by atomic mass is 9.70. The molecule has 1 aromatic carbocycles. The summed E-state index contributed by atoms with van der Waals surface area (Å²) in [4.78, 5) is 46.4. The van der Waals surface area contributed by atoms with Crippen LogP contribution in [0.2, 0.25) is 0 Å². The molecule has 0 aromatic heterocycles. The number of thioether (sulfide) groups is 1. The van der Waals surface area contributed by atoms with Crippen LogP contribution in [0.25, 0.3) is 0 Å². The first-order valence-corrected chi connectivity index (χ1v) is 16.0. The van der Waals surface area contributed by atoms with Gasteiger partial charge in [-0.3, -0.25) is 14.4 Å². The number of nitrogens with zero attached hydrogens (tertiary/aromatic N) is 2. The molecule has 3 heterocycles. The van der Waals surface area contributed by atoms with Crippen LogP contribution in [0.4, 0.5) is 0 Å². The fourth-order valence-corrected chi connectivity index (χ4v) is 11.1. The molecular weight excluding hydrogens is 604 g/mol. The molecule has 0 saturated carbocycles. The molecule has 3 saturated heterocycles. The van der Waals surface area contributed by atoms with E-state index in [2.05, 4.69) is 63.7 Å². The van der Waals surface area contributed by atoms with Crippen molar-refractivity contribution in [1.29, 1.82) is 0 Å². The molecule has 4 rings (SSSR count). The second-order valence-corrected chi connectivity index (χ2v) is 15.9. The van der Waals surface area contributed by atoms with E-state index in [1.54, 1.807) is 22.7 Å². The topological polar surface area (TPSA) is 87.2 Å². The number of rotatable bonds is 11. The number of hydrogen-bond donors (Lipinski definition) is 1. The maximum atomic E-state index is 15.0. The summed E-state index contributed by atoms with van der Waals surface area (Å²) >= 11 is 5.36. The van der Waals surface area contributed by atoms with Crippen LogP contribution in [-0.2, 0) is 19.1 Å². The zero-order valence-electron chi connectivity index (χ0n) is 24.7. The SMILES string of the molecule is C=CCOC(=O)[C@H]1[C@@H]2SC3(CC2Br)C(C(=O)N(CC=C)C(C)(C)CC(C)(C)C)N([C@H](CO)c2ccccc2)C(=O)[C@H]13. The summed E-state index contributed by atoms with van der Waals surface area (Å²) < 4.78 is 4.65. The maximum Gasteiger partial charge on any atom is 0.311 e. The minimum Gasteiger partial charge on any atom is -0.461 e. The fourth-order valence-electron chi connectivity index (χ4n) is 7.52. The first kappa shape index (κ1) is 31.8. The average Bonchev–Trinajstić information content (AvgIpc) is 3.49. The Morgan fingerprint density at radius 3 is 2.44 bits per heavy atom. The van der Waals surface area contributed by atoms with Crippen LogP contribution in [0.5, 0.6) is 0 Å². The zero-order valence-corrected chi connectivity index (χ0v) is 27.1. The molecule has 1 spiro atoms. The first-order valence-electron chi connectivity index (χ1n) is 14.2. The number of amides is 2. The Hall–Kier alpha value is -2.10. The second kappa shape index (κ2) is 11.9. The summed E-state index contributed by atoms with van der Waals surface area (Å²) in [7, 11) is 0. The highest BCUT2D eigenvalue weighted by Crippen LogP contribution is 2.68. The average molecular weight is 648 g/mol. The van der Waals surface area contributed by atoms with E-state index in [-0.39, 0.29) is 40.5 Å². The summed E-state index contributed by atoms with van der Waals surface area (Å²) in [5.74, 6) is -2.37. The third-order valence-electron chi connectivity index (χ3n) is 8.54. The first-order chi connectivity index (χ1) is 19.2. The Morgan fingerprint density at radius 1 is 1.22 bits per heavy atom. The summed E-state index contributed by atoms with van der Waals surface area (Å²) in [5.41, 5.74) is 0.127. The third-order valence-corrected chi connectivity index (χ3v) is 11.8. The Labute approximate surface area is 256 Å². The van der Waals surface area contributed by atoms with E-state index in [9.17, 15) is 14.7 Å². The van der Waals surface area contributed by atoms with Crippen LogP contribution in [0.1, 0.15) is 59.1 Å². The van der Waals surface area contributed by atoms with Crippen molar-refractivity contribution in [2.75, 3.05) is 19.8 Å². The minimum atomic E-state index is -0.885. The van der Waals surface area contributed by atoms with Crippen molar-refractivity contribution < 1.29 is 24.2 Å². The van der Waals surface area contributed by atoms with Gasteiger partial charge in [-0.05, 0) is 37.7 Å². The van der Waals surface area contributed by atoms with Crippen molar-refractivity contribution in [3.05, 3.63) is 61.2 Å². The van der Waals surface area contributed by atoms with Gasteiger partial charge in [0.15, 0.2) is 0 Å². The summed E-state index contributed by atoms with van der Waals surface area (Å²) in [6, 6.07) is 7.68. The van der Waals surface area contributed by atoms with E-state index >= 15 is 4.79 Å². The Morgan fingerprint density at radius 2 is 1.88 bits per heavy atom. The normalized spacial score (nSPS) is 29.7. The molecular formula is C32H43BrN2O5S. The molecule has 1 aromatic rings. The molecule has 3 aliphatic heterocycles. The third kappa shape index (κ3) is 5.66. The highest BCUT2D eigenvalue weighted by molar-refractivity contribution is 9.09. The van der Waals surface area contributed by atoms with Gasteiger partial charge in [0, 0.05) is 22.2 Å². The van der Waals surface area contributed by atoms with Gasteiger partial charge in [0.1, 0.15) is 12.6 Å². The monoisotopic (exact) mass is 646 g/mol. The molecule has 2 amide bonds. The Bertz CT molecular complexity index is 1180. The number of aliphatic hydroxyl groups excluding tert-OH is 1. The van der Waals surface area contributed by atoms with Crippen LogP contribution in [0.3, 0.4) is 0 Å². The summed E-state index contributed by atoms with van der Waals surface area (Å²) in [5, 5.41) is 10.5. The van der Waals surface area contributed by atoms with Crippen LogP contribution in [0.15, 0.2) is 55.6 Å². The van der Waals surface area contributed by atoms with E-state index in [0.717, 1.165) is 12.0 Å². The molecule has 9 heteroatoms. The van der Waals surface area contributed by atoms with Gasteiger partial charge in [-0.2, -0.15) is 0 Å². The predicted octanol–water partition coefficient (Wildman–Crippen LogP) is 5.14. The van der Waals surface area contributed by atoms with E-state index in [0.29, 0.717) is 13.0 Å². The van der Waals surface area contributed by atoms with Gasteiger partial charge in [0.25, 0.3) is 0 Å². The number of halogens is 1. The van der Waals surface area contributed by atoms with Gasteiger partial charge in [-0.25, -0.2) is 0 Å². The van der Waals surface area contributed by atoms with Crippen LogP contribution in [0, 0.1) is 17.3 Å². The van der Waals surface area contributed by atoms with Crippen molar-refractivity contribution in [3.63, 3.8) is 0 Å². The Kier molecular flexibility index (Phi) is 9.22. The predicted molar refractivity (Wildman–Crippen MR) is 167 cm³/mol. The zero-order chi connectivity index (χ0) is 30.3. The molecule has 3 unspecified atom stereocenters. The standard InChI is InChI=1S/C32H43BrN2O5S/c1-8-15-34(31(6,7)19-30(3,4)5)28(38)26-32-17-21(33)25(41-32)23(29(39)40-16-9-2)24(32)27(37)35(26)22(18-36)20-13-11-10-12-14-20/h8-14,21-26,36H,1-2,15-19H2,3-7H3/t21?,22-,23-,24+,25-,26?,32?/m1/s1. The van der Waals surface area contributed by atoms with Crippen LogP contribution in [-0.4, -0.2) is 78.9 Å². The lowest BCUT2D eigenvalue weighted by molar-refractivity contribution is -0.153. The molecule has 3 aliphatic rings. The summed E-state index contributed by atoms with van der Waals surface area (Å²) in [6.07, 6.45) is 4.51. The number of likely N-dealkylation sites (tertiary alicyclic amines) is 1. The van der Waals surface area contributed by atoms with E-state index in [1.807, 2.05) is 35.2 Å². The van der Waals surface area contributed by atoms with Gasteiger partial charge in [0.2, 0.25) is 11.8 Å². The van der Waals surface area contributed by atoms with Gasteiger partial charge >= 0.3 is 5.97 Å². The molecule has 41 heavy (non-hydrogen) atoms. The highest BCUT2D eigenvalue weighted by Gasteiger charge is 2.77. The second-order valence-electron chi connectivity index (χ2n) is 13.2. The van der Waals surface area contributed by atoms with E-state index in [4.69, 9.17) is 4.74 Å². The van der Waals surface area contributed by atoms with Gasteiger partial charge in [0.05, 0.1) is 29.2 Å². The van der Waals surface area contributed by atoms with Crippen LogP contribution >= 0.6 is 27.7 Å². The van der Waals surface area contributed by atoms with Gasteiger partial charge in [-0.1, -0.05) is 85.8 Å². The largest absolute Gasteiger partial charge is 0.461 e. The molecule has 7 atom stereocenters. The molecule has 224 valence electrons. The molecule has 2 bridgehead atoms. The number of fused-ring (bicyclic) bond motifs is 1. The van der Waals surface area contributed by atoms with Crippen molar-refractivity contribution in [1.82, 2.24) is 9.80 Å². The van der Waals surface area contributed by atoms with Crippen molar-refractivity contribution in [2.24, 2.45) is 17.3 Å². The number of carbonyl (C=O) groups is 3. The Balaban J connectivity index is 1.88. The molecule has 0 aliphatic carbocycles. The summed E-state index contributed by atoms with van der Waals surface area (Å²) in [6.45, 7) is 18.1. The lowest BCUT2D eigenvalue weighted by Crippen LogP contribution is -2.60. The fraction of sp³-hybridized carbons (Fsp3) is 0.594. The molecule has 7 nitrogen and oxygen atoms in total. The highest BCUT2D eigenvalue weighted by atomic mass is 79.9. The van der Waals surface area contributed by atoms with E-state index in [1.165, 1.54) is 6.08 Å². The number of esters is 1. The van der Waals surface area contributed by atoms with E-state index < -0.39 is 40.2 Å². The van der Waals surface area contributed by atoms with Crippen molar-refractivity contribution in [3.8, 4) is 0 Å². The van der Waals surface area contributed by atoms with Crippen LogP contribution < -0.4 is 0 Å². The number of carbonyl (C=O) groups excluding carboxylic acids is 3. The number of alkyl halides is 1. The smallest absolute Gasteiger partial charge is 0.311 e. The number of ether oxygens (including phenoxy) is 1. The molecule has 1 N–H and O–H groups in total. The lowest BCUT2D eigenvalue weighted by Gasteiger charge is -2.46. The quantitative estimate of drug-likeness (QED) is 0.203. The number of benzene rings is 1. The van der Waals surface area contributed by atoms with Gasteiger partial charge in [-0.15, -0.1) is 18.3 Å². The number of hydrogen-bond acceptors (Lipinski definition) is 6.